The third-order valence-electron chi connectivity index (χ3n) is 0.289. The lowest BCUT2D eigenvalue weighted by Crippen LogP contribution is -1.73. The molecule has 0 rings (SSSR count). The Morgan fingerprint density at radius 2 is 1.29 bits per heavy atom. The first-order valence-corrected chi connectivity index (χ1v) is 1.40. The van der Waals surface area contributed by atoms with Crippen LogP contribution in [-0.4, -0.2) is 13.7 Å². The summed E-state index contributed by atoms with van der Waals surface area (Å²) in [5.74, 6) is 0. The van der Waals surface area contributed by atoms with Crippen LogP contribution in [0.25, 0.3) is 0 Å². The number of rotatable bonds is 1. The highest BCUT2D eigenvalue weighted by molar-refractivity contribution is 3.94. The molecule has 7 heavy (non-hydrogen) atoms. The van der Waals surface area contributed by atoms with Crippen LogP contribution in [0.5, 0.6) is 0 Å². The molecule has 1 heteroatoms. The fraction of sp³-hybridized carbons (Fsp3) is 1.00. The maximum atomic E-state index is 4.54. The van der Waals surface area contributed by atoms with Crippen molar-refractivity contribution in [1.29, 1.82) is 0 Å². The summed E-state index contributed by atoms with van der Waals surface area (Å²) in [6.45, 7) is 2.78. The van der Waals surface area contributed by atoms with Crippen molar-refractivity contribution in [2.24, 2.45) is 0 Å². The van der Waals surface area contributed by atoms with E-state index in [0.29, 0.717) is 0 Å². The highest BCUT2D eigenvalue weighted by atomic mass is 16.5. The maximum absolute atomic E-state index is 4.54. The van der Waals surface area contributed by atoms with Gasteiger partial charge >= 0.3 is 0 Å². The first-order chi connectivity index (χ1) is 1.91. The number of hydrogen-bond donors (Lipinski definition) is 0. The minimum atomic E-state index is 0. The Kier molecular flexibility index (Phi) is 154. The van der Waals surface area contributed by atoms with Crippen molar-refractivity contribution in [2.45, 2.75) is 29.2 Å². The van der Waals surface area contributed by atoms with Crippen molar-refractivity contribution in [1.82, 2.24) is 0 Å². The molecule has 0 aromatic heterocycles. The third kappa shape index (κ3) is 101. The molecule has 0 unspecified atom stereocenters. The van der Waals surface area contributed by atoms with Crippen molar-refractivity contribution >= 4 is 0 Å². The van der Waals surface area contributed by atoms with E-state index in [2.05, 4.69) is 4.74 Å². The van der Waals surface area contributed by atoms with Gasteiger partial charge < -0.3 is 4.74 Å². The topological polar surface area (TPSA) is 9.23 Å². The molecule has 0 aliphatic carbocycles. The minimum Gasteiger partial charge on any atom is -0.385 e. The van der Waals surface area contributed by atoms with Gasteiger partial charge in [-0.3, -0.25) is 0 Å². The van der Waals surface area contributed by atoms with Crippen molar-refractivity contribution in [3.05, 3.63) is 0 Å². The molecule has 0 aliphatic heterocycles. The van der Waals surface area contributed by atoms with Crippen LogP contribution in [0.1, 0.15) is 29.2 Å². The van der Waals surface area contributed by atoms with Crippen molar-refractivity contribution in [2.75, 3.05) is 13.7 Å². The smallest absolute Gasteiger partial charge is 0.0433 e. The van der Waals surface area contributed by atoms with Crippen LogP contribution >= 0.6 is 0 Å². The van der Waals surface area contributed by atoms with Gasteiger partial charge in [-0.15, -0.1) is 0 Å². The molecule has 0 atom stereocenters. The van der Waals surface area contributed by atoms with Gasteiger partial charge in [-0.05, 0) is 6.92 Å². The Bertz CT molecular complexity index is 6.14. The van der Waals surface area contributed by atoms with E-state index in [1.165, 1.54) is 0 Å². The van der Waals surface area contributed by atoms with Crippen LogP contribution in [0.2, 0.25) is 0 Å². The summed E-state index contributed by atoms with van der Waals surface area (Å²) in [5.41, 5.74) is 0. The molecule has 0 amide bonds. The van der Waals surface area contributed by atoms with E-state index >= 15 is 0 Å². The zero-order valence-corrected chi connectivity index (χ0v) is 3.12. The molecule has 0 saturated carbocycles. The van der Waals surface area contributed by atoms with Gasteiger partial charge in [0, 0.05) is 13.7 Å². The monoisotopic (exact) mass is 108 g/mol. The summed E-state index contributed by atoms with van der Waals surface area (Å²) in [5, 5.41) is 0. The second-order valence-electron chi connectivity index (χ2n) is 0.577. The van der Waals surface area contributed by atoms with Crippen LogP contribution in [0.15, 0.2) is 0 Å². The Labute approximate surface area is 48.7 Å². The van der Waals surface area contributed by atoms with Crippen LogP contribution < -0.4 is 0 Å². The summed E-state index contributed by atoms with van der Waals surface area (Å²) < 4.78 is 4.54. The zero-order chi connectivity index (χ0) is 3.41. The molecular formula is C6H20O. The molecule has 0 spiro atoms. The molecule has 0 fully saturated rings. The molecule has 0 N–H and O–H groups in total. The standard InChI is InChI=1S/C3H8O.3CH4/c1-3-4-2;;;/h3H2,1-2H3;3*1H4. The van der Waals surface area contributed by atoms with Gasteiger partial charge in [0.05, 0.1) is 0 Å². The second-order valence-corrected chi connectivity index (χ2v) is 0.577. The first-order valence-electron chi connectivity index (χ1n) is 1.40. The fourth-order valence-electron chi connectivity index (χ4n) is 0. The van der Waals surface area contributed by atoms with E-state index in [-0.39, 0.29) is 22.3 Å². The predicted molar refractivity (Wildman–Crippen MR) is 37.7 cm³/mol. The summed E-state index contributed by atoms with van der Waals surface area (Å²) in [6, 6.07) is 0. The molecule has 0 bridgehead atoms. The normalized spacial score (nSPS) is 4.29. The van der Waals surface area contributed by atoms with Crippen molar-refractivity contribution in [3.8, 4) is 0 Å². The second kappa shape index (κ2) is 38.2. The Hall–Kier alpha value is -0.0400. The SMILES string of the molecule is C.C.C.CCOC. The predicted octanol–water partition coefficient (Wildman–Crippen LogP) is 2.56. The van der Waals surface area contributed by atoms with Gasteiger partial charge in [-0.2, -0.15) is 0 Å². The van der Waals surface area contributed by atoms with Crippen molar-refractivity contribution in [3.63, 3.8) is 0 Å². The minimum absolute atomic E-state index is 0. The summed E-state index contributed by atoms with van der Waals surface area (Å²) >= 11 is 0. The quantitative estimate of drug-likeness (QED) is 0.501. The van der Waals surface area contributed by atoms with Crippen LogP contribution in [0.3, 0.4) is 0 Å². The average molecular weight is 108 g/mol. The lowest BCUT2D eigenvalue weighted by Gasteiger charge is -1.76. The highest BCUT2D eigenvalue weighted by Gasteiger charge is 1.51. The van der Waals surface area contributed by atoms with Crippen LogP contribution in [-0.2, 0) is 4.74 Å². The molecule has 0 aliphatic rings. The van der Waals surface area contributed by atoms with Gasteiger partial charge in [0.25, 0.3) is 0 Å². The van der Waals surface area contributed by atoms with Gasteiger partial charge in [0.1, 0.15) is 0 Å². The van der Waals surface area contributed by atoms with E-state index in [1.54, 1.807) is 7.11 Å². The lowest BCUT2D eigenvalue weighted by atomic mass is 10.9. The van der Waals surface area contributed by atoms with Crippen molar-refractivity contribution < 1.29 is 4.74 Å². The summed E-state index contributed by atoms with van der Waals surface area (Å²) in [4.78, 5) is 0. The van der Waals surface area contributed by atoms with E-state index in [4.69, 9.17) is 0 Å². The van der Waals surface area contributed by atoms with E-state index < -0.39 is 0 Å². The Morgan fingerprint density at radius 1 is 1.14 bits per heavy atom. The number of methoxy groups -OCH3 is 1. The lowest BCUT2D eigenvalue weighted by molar-refractivity contribution is 0.215. The highest BCUT2D eigenvalue weighted by Crippen LogP contribution is 1.52. The van der Waals surface area contributed by atoms with Gasteiger partial charge in [-0.25, -0.2) is 0 Å². The molecular weight excluding hydrogens is 88.1 g/mol. The fourth-order valence-corrected chi connectivity index (χ4v) is 0. The largest absolute Gasteiger partial charge is 0.385 e. The summed E-state index contributed by atoms with van der Waals surface area (Å²) in [7, 11) is 1.68. The molecule has 1 nitrogen and oxygen atoms in total. The average Bonchev–Trinajstić information content (AvgIpc) is 1.37. The first kappa shape index (κ1) is 28.2. The van der Waals surface area contributed by atoms with Crippen LogP contribution in [0.4, 0.5) is 0 Å². The zero-order valence-electron chi connectivity index (χ0n) is 3.12. The molecule has 0 aromatic carbocycles. The van der Waals surface area contributed by atoms with Gasteiger partial charge in [0.15, 0.2) is 0 Å². The molecule has 50 valence electrons. The number of ether oxygens (including phenoxy) is 1. The van der Waals surface area contributed by atoms with Gasteiger partial charge in [-0.1, -0.05) is 22.3 Å². The van der Waals surface area contributed by atoms with Gasteiger partial charge in [0.2, 0.25) is 0 Å². The van der Waals surface area contributed by atoms with Crippen LogP contribution in [0, 0.1) is 0 Å². The Morgan fingerprint density at radius 3 is 1.29 bits per heavy atom. The molecule has 0 radical (unpaired) electrons. The summed E-state index contributed by atoms with van der Waals surface area (Å²) in [6.07, 6.45) is 0. The van der Waals surface area contributed by atoms with E-state index in [9.17, 15) is 0 Å². The number of hydrogen-bond acceptors (Lipinski definition) is 1. The molecule has 0 heterocycles. The maximum Gasteiger partial charge on any atom is 0.0433 e. The molecule has 0 aromatic rings. The van der Waals surface area contributed by atoms with E-state index in [0.717, 1.165) is 6.61 Å². The Balaban J connectivity index is -0.0000000150. The third-order valence-corrected chi connectivity index (χ3v) is 0.289. The van der Waals surface area contributed by atoms with E-state index in [1.807, 2.05) is 6.92 Å². The molecule has 0 saturated heterocycles.